The van der Waals surface area contributed by atoms with E-state index in [2.05, 4.69) is 11.2 Å². The molecule has 1 aliphatic rings. The Hall–Kier alpha value is -1.54. The van der Waals surface area contributed by atoms with Gasteiger partial charge in [-0.2, -0.15) is 0 Å². The van der Waals surface area contributed by atoms with Crippen LogP contribution in [0.3, 0.4) is 0 Å². The van der Waals surface area contributed by atoms with Crippen LogP contribution in [0.25, 0.3) is 0 Å². The van der Waals surface area contributed by atoms with Crippen molar-refractivity contribution in [3.63, 3.8) is 0 Å². The molecule has 16 heavy (non-hydrogen) atoms. The van der Waals surface area contributed by atoms with Gasteiger partial charge in [-0.25, -0.2) is 0 Å². The lowest BCUT2D eigenvalue weighted by Gasteiger charge is -2.42. The minimum atomic E-state index is -0.860. The molecule has 1 unspecified atom stereocenters. The van der Waals surface area contributed by atoms with Gasteiger partial charge >= 0.3 is 0 Å². The Morgan fingerprint density at radius 2 is 2.38 bits per heavy atom. The van der Waals surface area contributed by atoms with E-state index in [1.807, 2.05) is 0 Å². The Labute approximate surface area is 95.4 Å². The maximum absolute atomic E-state index is 12.0. The van der Waals surface area contributed by atoms with Gasteiger partial charge in [0, 0.05) is 19.5 Å². The van der Waals surface area contributed by atoms with E-state index in [1.165, 1.54) is 4.90 Å². The Balaban J connectivity index is 2.83. The minimum absolute atomic E-state index is 0.167. The third kappa shape index (κ3) is 2.17. The number of nitrogens with zero attached hydrogens (tertiary/aromatic N) is 1. The van der Waals surface area contributed by atoms with Gasteiger partial charge in [0.2, 0.25) is 11.8 Å². The second kappa shape index (κ2) is 4.54. The van der Waals surface area contributed by atoms with Crippen molar-refractivity contribution in [2.45, 2.75) is 31.8 Å². The number of hydrogen-bond acceptors (Lipinski definition) is 3. The molecule has 1 fully saturated rings. The zero-order valence-electron chi connectivity index (χ0n) is 9.62. The summed E-state index contributed by atoms with van der Waals surface area (Å²) in [6.07, 6.45) is 5.30. The van der Waals surface area contributed by atoms with E-state index in [-0.39, 0.29) is 18.2 Å². The molecule has 88 valence electrons. The molecule has 1 rings (SSSR count). The maximum Gasteiger partial charge on any atom is 0.245 e. The Kier molecular flexibility index (Phi) is 3.55. The highest BCUT2D eigenvalue weighted by Gasteiger charge is 2.41. The first kappa shape index (κ1) is 12.5. The number of nitrogens with two attached hydrogens (primary N) is 1. The summed E-state index contributed by atoms with van der Waals surface area (Å²) in [5.41, 5.74) is 4.80. The Morgan fingerprint density at radius 1 is 1.75 bits per heavy atom. The van der Waals surface area contributed by atoms with Crippen LogP contribution in [0.2, 0.25) is 0 Å². The normalized spacial score (nSPS) is 20.9. The number of hydrogen-bond donors (Lipinski definition) is 2. The lowest BCUT2D eigenvalue weighted by molar-refractivity contribution is -0.149. The molecule has 0 bridgehead atoms. The van der Waals surface area contributed by atoms with Gasteiger partial charge < -0.3 is 16.0 Å². The van der Waals surface area contributed by atoms with Crippen molar-refractivity contribution >= 4 is 11.8 Å². The summed E-state index contributed by atoms with van der Waals surface area (Å²) in [7, 11) is 0. The van der Waals surface area contributed by atoms with E-state index < -0.39 is 11.6 Å². The van der Waals surface area contributed by atoms with Crippen molar-refractivity contribution in [1.29, 1.82) is 0 Å². The van der Waals surface area contributed by atoms with Crippen LogP contribution in [0.5, 0.6) is 0 Å². The number of piperazine rings is 1. The maximum atomic E-state index is 12.0. The van der Waals surface area contributed by atoms with Crippen molar-refractivity contribution in [2.75, 3.05) is 13.1 Å². The van der Waals surface area contributed by atoms with E-state index in [0.717, 1.165) is 0 Å². The van der Waals surface area contributed by atoms with Crippen LogP contribution in [-0.2, 0) is 9.59 Å². The molecule has 5 nitrogen and oxygen atoms in total. The summed E-state index contributed by atoms with van der Waals surface area (Å²) >= 11 is 0. The summed E-state index contributed by atoms with van der Waals surface area (Å²) in [6, 6.07) is -0.727. The molecule has 0 spiro atoms. The molecule has 3 N–H and O–H groups in total. The van der Waals surface area contributed by atoms with E-state index in [9.17, 15) is 9.59 Å². The van der Waals surface area contributed by atoms with Crippen molar-refractivity contribution < 1.29 is 9.59 Å². The largest absolute Gasteiger partial charge is 0.352 e. The summed E-state index contributed by atoms with van der Waals surface area (Å²) in [5.74, 6) is 1.92. The predicted octanol–water partition coefficient (Wildman–Crippen LogP) is -0.926. The van der Waals surface area contributed by atoms with E-state index in [0.29, 0.717) is 13.1 Å². The number of rotatable bonds is 2. The predicted molar refractivity (Wildman–Crippen MR) is 60.2 cm³/mol. The molecule has 1 heterocycles. The summed E-state index contributed by atoms with van der Waals surface area (Å²) < 4.78 is 0. The van der Waals surface area contributed by atoms with Crippen LogP contribution < -0.4 is 11.1 Å². The molecule has 1 atom stereocenters. The zero-order chi connectivity index (χ0) is 12.3. The van der Waals surface area contributed by atoms with E-state index in [1.54, 1.807) is 13.8 Å². The highest BCUT2D eigenvalue weighted by Crippen LogP contribution is 2.18. The fourth-order valence-electron chi connectivity index (χ4n) is 1.70. The monoisotopic (exact) mass is 223 g/mol. The second-order valence-corrected chi connectivity index (χ2v) is 4.32. The van der Waals surface area contributed by atoms with Crippen molar-refractivity contribution in [2.24, 2.45) is 5.73 Å². The highest BCUT2D eigenvalue weighted by molar-refractivity contribution is 5.93. The van der Waals surface area contributed by atoms with Crippen LogP contribution >= 0.6 is 0 Å². The standard InChI is InChI=1S/C11H17N3O2/c1-4-5-8(12)9(15)14-7-6-13-10(16)11(14,2)3/h1,8H,5-7,12H2,2-3H3,(H,13,16). The first-order valence-corrected chi connectivity index (χ1v) is 5.20. The van der Waals surface area contributed by atoms with Gasteiger partial charge in [-0.3, -0.25) is 9.59 Å². The molecule has 0 saturated carbocycles. The first-order valence-electron chi connectivity index (χ1n) is 5.20. The van der Waals surface area contributed by atoms with Crippen molar-refractivity contribution in [3.05, 3.63) is 0 Å². The smallest absolute Gasteiger partial charge is 0.245 e. The van der Waals surface area contributed by atoms with Gasteiger partial charge in [-0.15, -0.1) is 12.3 Å². The Morgan fingerprint density at radius 3 is 2.94 bits per heavy atom. The number of carbonyl (C=O) groups excluding carboxylic acids is 2. The fraction of sp³-hybridized carbons (Fsp3) is 0.636. The number of carbonyl (C=O) groups is 2. The molecule has 5 heteroatoms. The number of nitrogens with one attached hydrogen (secondary N) is 1. The molecular formula is C11H17N3O2. The van der Waals surface area contributed by atoms with Gasteiger partial charge in [-0.1, -0.05) is 0 Å². The van der Waals surface area contributed by atoms with Crippen LogP contribution in [0.1, 0.15) is 20.3 Å². The molecular weight excluding hydrogens is 206 g/mol. The van der Waals surface area contributed by atoms with Crippen LogP contribution in [-0.4, -0.2) is 41.4 Å². The third-order valence-electron chi connectivity index (χ3n) is 2.77. The lowest BCUT2D eigenvalue weighted by Crippen LogP contribution is -2.65. The molecule has 0 aromatic carbocycles. The van der Waals surface area contributed by atoms with Gasteiger partial charge in [-0.05, 0) is 13.8 Å². The third-order valence-corrected chi connectivity index (χ3v) is 2.77. The minimum Gasteiger partial charge on any atom is -0.352 e. The van der Waals surface area contributed by atoms with Crippen LogP contribution in [0.15, 0.2) is 0 Å². The molecule has 0 aromatic rings. The quantitative estimate of drug-likeness (QED) is 0.594. The van der Waals surface area contributed by atoms with E-state index in [4.69, 9.17) is 12.2 Å². The molecule has 1 aliphatic heterocycles. The summed E-state index contributed by atoms with van der Waals surface area (Å²) in [6.45, 7) is 4.32. The summed E-state index contributed by atoms with van der Waals surface area (Å²) in [4.78, 5) is 25.1. The van der Waals surface area contributed by atoms with Gasteiger partial charge in [0.1, 0.15) is 5.54 Å². The SMILES string of the molecule is C#CCC(N)C(=O)N1CCNC(=O)C1(C)C. The van der Waals surface area contributed by atoms with Crippen molar-refractivity contribution in [3.8, 4) is 12.3 Å². The first-order chi connectivity index (χ1) is 7.41. The van der Waals surface area contributed by atoms with Crippen LogP contribution in [0.4, 0.5) is 0 Å². The van der Waals surface area contributed by atoms with Crippen molar-refractivity contribution in [1.82, 2.24) is 10.2 Å². The average molecular weight is 223 g/mol. The number of terminal acetylenes is 1. The van der Waals surface area contributed by atoms with Gasteiger partial charge in [0.25, 0.3) is 0 Å². The number of amides is 2. The average Bonchev–Trinajstić information content (AvgIpc) is 2.21. The molecule has 0 aliphatic carbocycles. The van der Waals surface area contributed by atoms with Crippen LogP contribution in [0, 0.1) is 12.3 Å². The topological polar surface area (TPSA) is 75.4 Å². The molecule has 0 aromatic heterocycles. The fourth-order valence-corrected chi connectivity index (χ4v) is 1.70. The molecule has 2 amide bonds. The highest BCUT2D eigenvalue weighted by atomic mass is 16.2. The van der Waals surface area contributed by atoms with Gasteiger partial charge in [0.05, 0.1) is 6.04 Å². The lowest BCUT2D eigenvalue weighted by atomic mass is 9.97. The molecule has 0 radical (unpaired) electrons. The van der Waals surface area contributed by atoms with E-state index >= 15 is 0 Å². The second-order valence-electron chi connectivity index (χ2n) is 4.32. The summed E-state index contributed by atoms with van der Waals surface area (Å²) in [5, 5.41) is 2.71. The zero-order valence-corrected chi connectivity index (χ0v) is 9.62. The molecule has 1 saturated heterocycles. The van der Waals surface area contributed by atoms with Gasteiger partial charge in [0.15, 0.2) is 0 Å². The Bertz CT molecular complexity index is 344.